The topological polar surface area (TPSA) is 41.7 Å². The number of ether oxygens (including phenoxy) is 1. The molecule has 0 saturated carbocycles. The van der Waals surface area contributed by atoms with Gasteiger partial charge in [0, 0.05) is 32.3 Å². The van der Waals surface area contributed by atoms with Crippen LogP contribution < -0.4 is 5.73 Å². The first-order chi connectivity index (χ1) is 7.19. The highest BCUT2D eigenvalue weighted by atomic mass is 16.5. The van der Waals surface area contributed by atoms with Gasteiger partial charge in [0.15, 0.2) is 0 Å². The second-order valence-electron chi connectivity index (χ2n) is 4.60. The Morgan fingerprint density at radius 2 is 2.27 bits per heavy atom. The molecule has 1 fully saturated rings. The Morgan fingerprint density at radius 3 is 2.80 bits per heavy atom. The number of methoxy groups -OCH3 is 1. The molecule has 4 heteroatoms. The molecule has 0 aromatic rings. The predicted molar refractivity (Wildman–Crippen MR) is 63.0 cm³/mol. The van der Waals surface area contributed by atoms with Gasteiger partial charge in [-0.1, -0.05) is 0 Å². The van der Waals surface area contributed by atoms with Crippen molar-refractivity contribution in [3.63, 3.8) is 0 Å². The van der Waals surface area contributed by atoms with Gasteiger partial charge < -0.3 is 15.4 Å². The smallest absolute Gasteiger partial charge is 0.0630 e. The van der Waals surface area contributed by atoms with Crippen molar-refractivity contribution in [2.24, 2.45) is 5.73 Å². The standard InChI is InChI=1S/C11H25N3O/c1-13(2)10-5-4-6-14(8-10)11(7-12)9-15-3/h10-11H,4-9,12H2,1-3H3. The van der Waals surface area contributed by atoms with Gasteiger partial charge >= 0.3 is 0 Å². The normalized spacial score (nSPS) is 25.8. The molecule has 90 valence electrons. The zero-order chi connectivity index (χ0) is 11.3. The number of likely N-dealkylation sites (N-methyl/N-ethyl adjacent to an activating group) is 1. The van der Waals surface area contributed by atoms with Crippen LogP contribution in [0.25, 0.3) is 0 Å². The summed E-state index contributed by atoms with van der Waals surface area (Å²) in [6.45, 7) is 3.72. The molecule has 1 heterocycles. The minimum atomic E-state index is 0.387. The fourth-order valence-corrected chi connectivity index (χ4v) is 2.25. The molecule has 0 spiro atoms. The third-order valence-electron chi connectivity index (χ3n) is 3.31. The van der Waals surface area contributed by atoms with Crippen LogP contribution in [0.3, 0.4) is 0 Å². The van der Waals surface area contributed by atoms with E-state index in [0.717, 1.165) is 19.7 Å². The molecule has 2 N–H and O–H groups in total. The molecular weight excluding hydrogens is 190 g/mol. The highest BCUT2D eigenvalue weighted by molar-refractivity contribution is 4.82. The molecule has 0 aromatic carbocycles. The second-order valence-corrected chi connectivity index (χ2v) is 4.60. The van der Waals surface area contributed by atoms with Crippen molar-refractivity contribution in [2.75, 3.05) is 47.4 Å². The number of hydrogen-bond donors (Lipinski definition) is 1. The van der Waals surface area contributed by atoms with Crippen molar-refractivity contribution in [1.82, 2.24) is 9.80 Å². The van der Waals surface area contributed by atoms with Crippen LogP contribution in [0.5, 0.6) is 0 Å². The molecule has 1 saturated heterocycles. The van der Waals surface area contributed by atoms with E-state index in [1.807, 2.05) is 0 Å². The van der Waals surface area contributed by atoms with Gasteiger partial charge in [0.2, 0.25) is 0 Å². The van der Waals surface area contributed by atoms with Crippen LogP contribution in [0.4, 0.5) is 0 Å². The Hall–Kier alpha value is -0.160. The molecule has 0 aromatic heterocycles. The van der Waals surface area contributed by atoms with Crippen molar-refractivity contribution < 1.29 is 4.74 Å². The largest absolute Gasteiger partial charge is 0.383 e. The third-order valence-corrected chi connectivity index (χ3v) is 3.31. The minimum Gasteiger partial charge on any atom is -0.383 e. The number of nitrogens with two attached hydrogens (primary N) is 1. The van der Waals surface area contributed by atoms with Gasteiger partial charge in [-0.2, -0.15) is 0 Å². The molecule has 0 radical (unpaired) electrons. The Kier molecular flexibility index (Phi) is 5.53. The van der Waals surface area contributed by atoms with Gasteiger partial charge in [0.1, 0.15) is 0 Å². The van der Waals surface area contributed by atoms with Crippen LogP contribution in [0.1, 0.15) is 12.8 Å². The van der Waals surface area contributed by atoms with Crippen molar-refractivity contribution >= 4 is 0 Å². The molecule has 1 rings (SSSR count). The molecular formula is C11H25N3O. The van der Waals surface area contributed by atoms with Gasteiger partial charge in [-0.25, -0.2) is 0 Å². The minimum absolute atomic E-state index is 0.387. The molecule has 4 nitrogen and oxygen atoms in total. The Labute approximate surface area is 93.4 Å². The van der Waals surface area contributed by atoms with Gasteiger partial charge in [0.05, 0.1) is 6.61 Å². The number of nitrogens with zero attached hydrogens (tertiary/aromatic N) is 2. The van der Waals surface area contributed by atoms with Crippen LogP contribution in [0, 0.1) is 0 Å². The number of hydrogen-bond acceptors (Lipinski definition) is 4. The third kappa shape index (κ3) is 3.72. The van der Waals surface area contributed by atoms with E-state index < -0.39 is 0 Å². The van der Waals surface area contributed by atoms with E-state index in [9.17, 15) is 0 Å². The summed E-state index contributed by atoms with van der Waals surface area (Å²) in [7, 11) is 6.06. The summed E-state index contributed by atoms with van der Waals surface area (Å²) >= 11 is 0. The molecule has 1 aliphatic rings. The number of rotatable bonds is 5. The van der Waals surface area contributed by atoms with E-state index in [-0.39, 0.29) is 0 Å². The van der Waals surface area contributed by atoms with Crippen molar-refractivity contribution in [1.29, 1.82) is 0 Å². The molecule has 2 atom stereocenters. The predicted octanol–water partition coefficient (Wildman–Crippen LogP) is -0.0139. The van der Waals surface area contributed by atoms with Crippen LogP contribution in [-0.4, -0.2) is 69.3 Å². The Morgan fingerprint density at radius 1 is 1.53 bits per heavy atom. The first kappa shape index (κ1) is 12.9. The lowest BCUT2D eigenvalue weighted by atomic mass is 10.0. The highest BCUT2D eigenvalue weighted by Gasteiger charge is 2.25. The summed E-state index contributed by atoms with van der Waals surface area (Å²) in [5.41, 5.74) is 5.78. The quantitative estimate of drug-likeness (QED) is 0.700. The monoisotopic (exact) mass is 215 g/mol. The van der Waals surface area contributed by atoms with E-state index >= 15 is 0 Å². The van der Waals surface area contributed by atoms with Crippen LogP contribution in [0.15, 0.2) is 0 Å². The van der Waals surface area contributed by atoms with E-state index in [1.54, 1.807) is 7.11 Å². The van der Waals surface area contributed by atoms with E-state index in [1.165, 1.54) is 12.8 Å². The summed E-state index contributed by atoms with van der Waals surface area (Å²) < 4.78 is 5.21. The summed E-state index contributed by atoms with van der Waals surface area (Å²) in [5.74, 6) is 0. The summed E-state index contributed by atoms with van der Waals surface area (Å²) in [6, 6.07) is 1.06. The summed E-state index contributed by atoms with van der Waals surface area (Å²) in [6.07, 6.45) is 2.57. The first-order valence-corrected chi connectivity index (χ1v) is 5.78. The van der Waals surface area contributed by atoms with E-state index in [0.29, 0.717) is 18.6 Å². The second kappa shape index (κ2) is 6.43. The zero-order valence-corrected chi connectivity index (χ0v) is 10.3. The lowest BCUT2D eigenvalue weighted by Gasteiger charge is -2.39. The molecule has 0 amide bonds. The maximum absolute atomic E-state index is 5.78. The van der Waals surface area contributed by atoms with Gasteiger partial charge in [-0.3, -0.25) is 4.90 Å². The maximum atomic E-state index is 5.78. The number of piperidine rings is 1. The summed E-state index contributed by atoms with van der Waals surface area (Å²) in [4.78, 5) is 4.78. The first-order valence-electron chi connectivity index (χ1n) is 5.78. The zero-order valence-electron chi connectivity index (χ0n) is 10.3. The maximum Gasteiger partial charge on any atom is 0.0630 e. The highest BCUT2D eigenvalue weighted by Crippen LogP contribution is 2.15. The molecule has 0 aliphatic carbocycles. The van der Waals surface area contributed by atoms with Gasteiger partial charge in [-0.15, -0.1) is 0 Å². The van der Waals surface area contributed by atoms with E-state index in [4.69, 9.17) is 10.5 Å². The summed E-state index contributed by atoms with van der Waals surface area (Å²) in [5, 5.41) is 0. The molecule has 15 heavy (non-hydrogen) atoms. The number of likely N-dealkylation sites (tertiary alicyclic amines) is 1. The van der Waals surface area contributed by atoms with Crippen LogP contribution in [-0.2, 0) is 4.74 Å². The molecule has 0 bridgehead atoms. The van der Waals surface area contributed by atoms with Crippen molar-refractivity contribution in [3.8, 4) is 0 Å². The van der Waals surface area contributed by atoms with E-state index in [2.05, 4.69) is 23.9 Å². The fourth-order valence-electron chi connectivity index (χ4n) is 2.25. The average Bonchev–Trinajstić information content (AvgIpc) is 2.26. The van der Waals surface area contributed by atoms with Crippen LogP contribution >= 0.6 is 0 Å². The van der Waals surface area contributed by atoms with Gasteiger partial charge in [0.25, 0.3) is 0 Å². The molecule has 2 unspecified atom stereocenters. The molecule has 1 aliphatic heterocycles. The van der Waals surface area contributed by atoms with Gasteiger partial charge in [-0.05, 0) is 33.5 Å². The average molecular weight is 215 g/mol. The van der Waals surface area contributed by atoms with Crippen molar-refractivity contribution in [3.05, 3.63) is 0 Å². The lowest BCUT2D eigenvalue weighted by Crippen LogP contribution is -2.52. The lowest BCUT2D eigenvalue weighted by molar-refractivity contribution is 0.0525. The Balaban J connectivity index is 2.46. The van der Waals surface area contributed by atoms with Crippen LogP contribution in [0.2, 0.25) is 0 Å². The SMILES string of the molecule is COCC(CN)N1CCCC(N(C)C)C1. The van der Waals surface area contributed by atoms with Crippen molar-refractivity contribution in [2.45, 2.75) is 24.9 Å². The fraction of sp³-hybridized carbons (Fsp3) is 1.00. The Bertz CT molecular complexity index is 175.